The molecule has 0 bridgehead atoms. The van der Waals surface area contributed by atoms with Gasteiger partial charge in [-0.05, 0) is 52.2 Å². The lowest BCUT2D eigenvalue weighted by atomic mass is 10.2. The summed E-state index contributed by atoms with van der Waals surface area (Å²) in [7, 11) is 0. The molecule has 19 heavy (non-hydrogen) atoms. The molecule has 2 aromatic rings. The van der Waals surface area contributed by atoms with Crippen LogP contribution in [0.5, 0.6) is 5.75 Å². The molecule has 0 aliphatic rings. The zero-order chi connectivity index (χ0) is 14.0. The SMILES string of the molecule is Cc1cccc(NCc2cc(F)c(O)c(F)c2)c1Br. The largest absolute Gasteiger partial charge is 0.503 e. The zero-order valence-corrected chi connectivity index (χ0v) is 11.8. The maximum absolute atomic E-state index is 13.2. The number of anilines is 1. The predicted octanol–water partition coefficient (Wildman–Crippen LogP) is 4.35. The van der Waals surface area contributed by atoms with Gasteiger partial charge in [-0.15, -0.1) is 0 Å². The van der Waals surface area contributed by atoms with Crippen LogP contribution in [0.25, 0.3) is 0 Å². The highest BCUT2D eigenvalue weighted by atomic mass is 79.9. The van der Waals surface area contributed by atoms with E-state index < -0.39 is 17.4 Å². The summed E-state index contributed by atoms with van der Waals surface area (Å²) in [5.74, 6) is -2.86. The minimum absolute atomic E-state index is 0.260. The molecule has 0 amide bonds. The third-order valence-corrected chi connectivity index (χ3v) is 3.80. The van der Waals surface area contributed by atoms with Crippen molar-refractivity contribution in [2.45, 2.75) is 13.5 Å². The molecule has 2 rings (SSSR count). The fourth-order valence-corrected chi connectivity index (χ4v) is 2.11. The van der Waals surface area contributed by atoms with E-state index in [1.54, 1.807) is 0 Å². The van der Waals surface area contributed by atoms with Gasteiger partial charge in [-0.1, -0.05) is 12.1 Å². The van der Waals surface area contributed by atoms with Gasteiger partial charge in [-0.3, -0.25) is 0 Å². The highest BCUT2D eigenvalue weighted by Crippen LogP contribution is 2.27. The maximum atomic E-state index is 13.2. The first kappa shape index (κ1) is 13.8. The molecule has 0 unspecified atom stereocenters. The van der Waals surface area contributed by atoms with E-state index in [0.29, 0.717) is 5.56 Å². The Morgan fingerprint density at radius 1 is 1.21 bits per heavy atom. The van der Waals surface area contributed by atoms with E-state index in [0.717, 1.165) is 27.9 Å². The third kappa shape index (κ3) is 3.04. The first-order chi connectivity index (χ1) is 8.99. The van der Waals surface area contributed by atoms with Crippen molar-refractivity contribution < 1.29 is 13.9 Å². The van der Waals surface area contributed by atoms with Crippen LogP contribution in [-0.4, -0.2) is 5.11 Å². The summed E-state index contributed by atoms with van der Waals surface area (Å²) in [6, 6.07) is 7.92. The molecule has 100 valence electrons. The number of aryl methyl sites for hydroxylation is 1. The first-order valence-corrected chi connectivity index (χ1v) is 6.44. The number of nitrogens with one attached hydrogen (secondary N) is 1. The number of aromatic hydroxyl groups is 1. The summed E-state index contributed by atoms with van der Waals surface area (Å²) in [6.07, 6.45) is 0. The Morgan fingerprint density at radius 3 is 2.47 bits per heavy atom. The Labute approximate surface area is 118 Å². The Kier molecular flexibility index (Phi) is 4.04. The highest BCUT2D eigenvalue weighted by Gasteiger charge is 2.10. The Morgan fingerprint density at radius 2 is 1.84 bits per heavy atom. The molecule has 0 radical (unpaired) electrons. The molecule has 0 spiro atoms. The molecule has 0 heterocycles. The summed E-state index contributed by atoms with van der Waals surface area (Å²) < 4.78 is 27.3. The molecule has 2 N–H and O–H groups in total. The number of rotatable bonds is 3. The fourth-order valence-electron chi connectivity index (χ4n) is 1.70. The number of phenols is 1. The Bertz CT molecular complexity index is 593. The Balaban J connectivity index is 2.17. The topological polar surface area (TPSA) is 32.3 Å². The van der Waals surface area contributed by atoms with E-state index in [9.17, 15) is 8.78 Å². The van der Waals surface area contributed by atoms with Crippen LogP contribution in [-0.2, 0) is 6.54 Å². The molecule has 2 nitrogen and oxygen atoms in total. The van der Waals surface area contributed by atoms with Crippen LogP contribution in [0.4, 0.5) is 14.5 Å². The zero-order valence-electron chi connectivity index (χ0n) is 10.2. The molecule has 0 fully saturated rings. The van der Waals surface area contributed by atoms with E-state index >= 15 is 0 Å². The summed E-state index contributed by atoms with van der Waals surface area (Å²) in [5, 5.41) is 12.1. The monoisotopic (exact) mass is 327 g/mol. The minimum Gasteiger partial charge on any atom is -0.503 e. The summed E-state index contributed by atoms with van der Waals surface area (Å²) in [6.45, 7) is 2.21. The molecule has 5 heteroatoms. The molecule has 0 atom stereocenters. The summed E-state index contributed by atoms with van der Waals surface area (Å²) in [5.41, 5.74) is 2.32. The second-order valence-electron chi connectivity index (χ2n) is 4.20. The van der Waals surface area contributed by atoms with Gasteiger partial charge in [0.1, 0.15) is 0 Å². The van der Waals surface area contributed by atoms with Crippen LogP contribution in [0, 0.1) is 18.6 Å². The van der Waals surface area contributed by atoms with E-state index in [2.05, 4.69) is 21.2 Å². The van der Waals surface area contributed by atoms with Crippen molar-refractivity contribution in [1.29, 1.82) is 0 Å². The molecular weight excluding hydrogens is 316 g/mol. The number of halogens is 3. The van der Waals surface area contributed by atoms with Gasteiger partial charge in [0.2, 0.25) is 0 Å². The second-order valence-corrected chi connectivity index (χ2v) is 4.99. The average Bonchev–Trinajstić information content (AvgIpc) is 2.37. The Hall–Kier alpha value is -1.62. The van der Waals surface area contributed by atoms with Crippen LogP contribution >= 0.6 is 15.9 Å². The molecule has 0 saturated heterocycles. The smallest absolute Gasteiger partial charge is 0.187 e. The van der Waals surface area contributed by atoms with E-state index in [1.807, 2.05) is 25.1 Å². The predicted molar refractivity (Wildman–Crippen MR) is 74.2 cm³/mol. The lowest BCUT2D eigenvalue weighted by Crippen LogP contribution is -2.02. The summed E-state index contributed by atoms with van der Waals surface area (Å²) >= 11 is 3.44. The number of phenolic OH excluding ortho intramolecular Hbond substituents is 1. The van der Waals surface area contributed by atoms with Crippen molar-refractivity contribution in [2.24, 2.45) is 0 Å². The lowest BCUT2D eigenvalue weighted by Gasteiger charge is -2.11. The van der Waals surface area contributed by atoms with Crippen molar-refractivity contribution in [3.8, 4) is 5.75 Å². The first-order valence-electron chi connectivity index (χ1n) is 5.65. The van der Waals surface area contributed by atoms with Gasteiger partial charge in [0.25, 0.3) is 0 Å². The standard InChI is InChI=1S/C14H12BrF2NO/c1-8-3-2-4-12(13(8)15)18-7-9-5-10(16)14(19)11(17)6-9/h2-6,18-19H,7H2,1H3. The van der Waals surface area contributed by atoms with Crippen molar-refractivity contribution in [1.82, 2.24) is 0 Å². The lowest BCUT2D eigenvalue weighted by molar-refractivity contribution is 0.395. The van der Waals surface area contributed by atoms with E-state index in [4.69, 9.17) is 5.11 Å². The fraction of sp³-hybridized carbons (Fsp3) is 0.143. The molecule has 0 aliphatic carbocycles. The van der Waals surface area contributed by atoms with Crippen molar-refractivity contribution in [3.05, 3.63) is 57.6 Å². The minimum atomic E-state index is -0.958. The average molecular weight is 328 g/mol. The van der Waals surface area contributed by atoms with Gasteiger partial charge >= 0.3 is 0 Å². The van der Waals surface area contributed by atoms with Gasteiger partial charge in [0.15, 0.2) is 17.4 Å². The van der Waals surface area contributed by atoms with Crippen LogP contribution in [0.3, 0.4) is 0 Å². The second kappa shape index (κ2) is 5.57. The van der Waals surface area contributed by atoms with Gasteiger partial charge < -0.3 is 10.4 Å². The molecule has 0 aromatic heterocycles. The molecule has 0 saturated carbocycles. The summed E-state index contributed by atoms with van der Waals surface area (Å²) in [4.78, 5) is 0. The molecule has 0 aliphatic heterocycles. The van der Waals surface area contributed by atoms with Gasteiger partial charge in [0.05, 0.1) is 0 Å². The van der Waals surface area contributed by atoms with Crippen LogP contribution in [0.2, 0.25) is 0 Å². The normalized spacial score (nSPS) is 10.5. The van der Waals surface area contributed by atoms with E-state index in [-0.39, 0.29) is 6.54 Å². The van der Waals surface area contributed by atoms with Gasteiger partial charge in [-0.25, -0.2) is 8.78 Å². The number of benzene rings is 2. The number of hydrogen-bond acceptors (Lipinski definition) is 2. The highest BCUT2D eigenvalue weighted by molar-refractivity contribution is 9.10. The van der Waals surface area contributed by atoms with Crippen molar-refractivity contribution in [2.75, 3.05) is 5.32 Å². The van der Waals surface area contributed by atoms with E-state index in [1.165, 1.54) is 0 Å². The molecular formula is C14H12BrF2NO. The van der Waals surface area contributed by atoms with Crippen molar-refractivity contribution in [3.63, 3.8) is 0 Å². The van der Waals surface area contributed by atoms with Gasteiger partial charge in [0, 0.05) is 16.7 Å². The molecule has 2 aromatic carbocycles. The number of hydrogen-bond donors (Lipinski definition) is 2. The third-order valence-electron chi connectivity index (χ3n) is 2.75. The van der Waals surface area contributed by atoms with Crippen LogP contribution in [0.1, 0.15) is 11.1 Å². The van der Waals surface area contributed by atoms with Crippen LogP contribution < -0.4 is 5.32 Å². The van der Waals surface area contributed by atoms with Crippen molar-refractivity contribution >= 4 is 21.6 Å². The van der Waals surface area contributed by atoms with Gasteiger partial charge in [-0.2, -0.15) is 0 Å². The van der Waals surface area contributed by atoms with Crippen LogP contribution in [0.15, 0.2) is 34.8 Å². The quantitative estimate of drug-likeness (QED) is 0.878. The maximum Gasteiger partial charge on any atom is 0.187 e.